The van der Waals surface area contributed by atoms with Crippen molar-refractivity contribution in [2.75, 3.05) is 0 Å². The van der Waals surface area contributed by atoms with Gasteiger partial charge in [0.25, 0.3) is 0 Å². The molecule has 1 unspecified atom stereocenters. The van der Waals surface area contributed by atoms with Crippen molar-refractivity contribution in [2.24, 2.45) is 5.73 Å². The highest BCUT2D eigenvalue weighted by Crippen LogP contribution is 2.32. The Hall–Kier alpha value is -0.970. The summed E-state index contributed by atoms with van der Waals surface area (Å²) in [6, 6.07) is 8.28. The van der Waals surface area contributed by atoms with Crippen LogP contribution in [0.1, 0.15) is 17.2 Å². The van der Waals surface area contributed by atoms with Crippen LogP contribution in [0.4, 0.5) is 8.78 Å². The lowest BCUT2D eigenvalue weighted by Crippen LogP contribution is -2.13. The third kappa shape index (κ3) is 2.55. The number of rotatable bonds is 2. The second-order valence-corrected chi connectivity index (χ2v) is 5.03. The highest BCUT2D eigenvalue weighted by molar-refractivity contribution is 9.10. The van der Waals surface area contributed by atoms with Crippen molar-refractivity contribution in [2.45, 2.75) is 6.04 Å². The Morgan fingerprint density at radius 1 is 1.11 bits per heavy atom. The number of benzene rings is 2. The maximum Gasteiger partial charge on any atom is 0.159 e. The maximum absolute atomic E-state index is 13.2. The molecule has 0 bridgehead atoms. The van der Waals surface area contributed by atoms with Gasteiger partial charge in [0.1, 0.15) is 0 Å². The minimum Gasteiger partial charge on any atom is -0.320 e. The van der Waals surface area contributed by atoms with Gasteiger partial charge in [-0.2, -0.15) is 0 Å². The molecule has 0 amide bonds. The third-order valence-electron chi connectivity index (χ3n) is 2.62. The van der Waals surface area contributed by atoms with E-state index >= 15 is 0 Å². The molecule has 0 radical (unpaired) electrons. The standard InChI is InChI=1S/C13H9BrClF2N/c14-9-3-1-2-8(12(9)15)13(18)7-4-5-10(16)11(17)6-7/h1-6,13H,18H2. The summed E-state index contributed by atoms with van der Waals surface area (Å²) in [7, 11) is 0. The zero-order valence-electron chi connectivity index (χ0n) is 9.13. The number of halogens is 4. The van der Waals surface area contributed by atoms with Crippen molar-refractivity contribution in [1.29, 1.82) is 0 Å². The molecule has 2 rings (SSSR count). The zero-order chi connectivity index (χ0) is 13.3. The first-order valence-electron chi connectivity index (χ1n) is 5.15. The molecule has 18 heavy (non-hydrogen) atoms. The quantitative estimate of drug-likeness (QED) is 0.865. The van der Waals surface area contributed by atoms with Gasteiger partial charge in [-0.15, -0.1) is 0 Å². The first kappa shape index (κ1) is 13.5. The minimum absolute atomic E-state index is 0.467. The SMILES string of the molecule is NC(c1ccc(F)c(F)c1)c1cccc(Br)c1Cl. The minimum atomic E-state index is -0.922. The summed E-state index contributed by atoms with van der Waals surface area (Å²) in [5.74, 6) is -1.82. The highest BCUT2D eigenvalue weighted by Gasteiger charge is 2.15. The van der Waals surface area contributed by atoms with Gasteiger partial charge in [-0.1, -0.05) is 29.8 Å². The molecule has 5 heteroatoms. The van der Waals surface area contributed by atoms with Crippen LogP contribution in [-0.4, -0.2) is 0 Å². The lowest BCUT2D eigenvalue weighted by molar-refractivity contribution is 0.506. The van der Waals surface area contributed by atoms with E-state index in [0.29, 0.717) is 20.6 Å². The van der Waals surface area contributed by atoms with E-state index < -0.39 is 17.7 Å². The van der Waals surface area contributed by atoms with E-state index in [4.69, 9.17) is 17.3 Å². The normalized spacial score (nSPS) is 12.5. The lowest BCUT2D eigenvalue weighted by Gasteiger charge is -2.15. The largest absolute Gasteiger partial charge is 0.320 e. The molecule has 0 saturated heterocycles. The van der Waals surface area contributed by atoms with Crippen LogP contribution in [0.2, 0.25) is 5.02 Å². The van der Waals surface area contributed by atoms with Gasteiger partial charge in [-0.3, -0.25) is 0 Å². The molecule has 2 aromatic rings. The maximum atomic E-state index is 13.2. The predicted molar refractivity (Wildman–Crippen MR) is 71.5 cm³/mol. The fourth-order valence-corrected chi connectivity index (χ4v) is 2.27. The lowest BCUT2D eigenvalue weighted by atomic mass is 9.99. The van der Waals surface area contributed by atoms with Crippen molar-refractivity contribution in [1.82, 2.24) is 0 Å². The Morgan fingerprint density at radius 3 is 2.50 bits per heavy atom. The van der Waals surface area contributed by atoms with Crippen LogP contribution in [0.3, 0.4) is 0 Å². The Labute approximate surface area is 117 Å². The molecule has 0 saturated carbocycles. The molecule has 0 aliphatic heterocycles. The fraction of sp³-hybridized carbons (Fsp3) is 0.0769. The molecule has 0 aromatic heterocycles. The van der Waals surface area contributed by atoms with Crippen LogP contribution in [0, 0.1) is 11.6 Å². The molecule has 0 heterocycles. The van der Waals surface area contributed by atoms with Crippen molar-refractivity contribution >= 4 is 27.5 Å². The van der Waals surface area contributed by atoms with Crippen molar-refractivity contribution in [3.8, 4) is 0 Å². The first-order chi connectivity index (χ1) is 8.50. The first-order valence-corrected chi connectivity index (χ1v) is 6.32. The van der Waals surface area contributed by atoms with Crippen molar-refractivity contribution < 1.29 is 8.78 Å². The summed E-state index contributed by atoms with van der Waals surface area (Å²) < 4.78 is 26.7. The second kappa shape index (κ2) is 5.34. The summed E-state index contributed by atoms with van der Waals surface area (Å²) in [6.45, 7) is 0. The van der Waals surface area contributed by atoms with Gasteiger partial charge in [0.2, 0.25) is 0 Å². The monoisotopic (exact) mass is 331 g/mol. The van der Waals surface area contributed by atoms with Gasteiger partial charge in [0.15, 0.2) is 11.6 Å². The molecule has 2 aromatic carbocycles. The molecule has 0 fully saturated rings. The molecule has 1 atom stereocenters. The highest BCUT2D eigenvalue weighted by atomic mass is 79.9. The molecule has 0 aliphatic rings. The van der Waals surface area contributed by atoms with Crippen LogP contribution in [0.5, 0.6) is 0 Å². The Kier molecular flexibility index (Phi) is 4.00. The molecule has 0 aliphatic carbocycles. The fourth-order valence-electron chi connectivity index (χ4n) is 1.65. The van der Waals surface area contributed by atoms with E-state index in [1.54, 1.807) is 18.2 Å². The second-order valence-electron chi connectivity index (χ2n) is 3.79. The number of hydrogen-bond donors (Lipinski definition) is 1. The van der Waals surface area contributed by atoms with Gasteiger partial charge in [-0.25, -0.2) is 8.78 Å². The average Bonchev–Trinajstić information content (AvgIpc) is 2.35. The van der Waals surface area contributed by atoms with E-state index in [-0.39, 0.29) is 0 Å². The Bertz CT molecular complexity index is 589. The zero-order valence-corrected chi connectivity index (χ0v) is 11.5. The topological polar surface area (TPSA) is 26.0 Å². The molecule has 2 N–H and O–H groups in total. The van der Waals surface area contributed by atoms with Crippen LogP contribution in [0.25, 0.3) is 0 Å². The van der Waals surface area contributed by atoms with Crippen LogP contribution in [0.15, 0.2) is 40.9 Å². The molecule has 94 valence electrons. The van der Waals surface area contributed by atoms with E-state index in [9.17, 15) is 8.78 Å². The summed E-state index contributed by atoms with van der Waals surface area (Å²) in [5, 5.41) is 0.467. The predicted octanol–water partition coefficient (Wildman–Crippen LogP) is 4.43. The van der Waals surface area contributed by atoms with Gasteiger partial charge >= 0.3 is 0 Å². The summed E-state index contributed by atoms with van der Waals surface area (Å²) in [5.41, 5.74) is 7.13. The van der Waals surface area contributed by atoms with Gasteiger partial charge < -0.3 is 5.73 Å². The summed E-state index contributed by atoms with van der Waals surface area (Å²) in [4.78, 5) is 0. The van der Waals surface area contributed by atoms with E-state index in [1.165, 1.54) is 6.07 Å². The summed E-state index contributed by atoms with van der Waals surface area (Å²) >= 11 is 9.41. The van der Waals surface area contributed by atoms with E-state index in [2.05, 4.69) is 15.9 Å². The van der Waals surface area contributed by atoms with Crippen molar-refractivity contribution in [3.63, 3.8) is 0 Å². The Balaban J connectivity index is 2.44. The molecular weight excluding hydrogens is 324 g/mol. The van der Waals surface area contributed by atoms with Gasteiger partial charge in [-0.05, 0) is 45.3 Å². The smallest absolute Gasteiger partial charge is 0.159 e. The Morgan fingerprint density at radius 2 is 1.83 bits per heavy atom. The number of hydrogen-bond acceptors (Lipinski definition) is 1. The van der Waals surface area contributed by atoms with Crippen molar-refractivity contribution in [3.05, 3.63) is 68.7 Å². The molecule has 0 spiro atoms. The van der Waals surface area contributed by atoms with Crippen LogP contribution < -0.4 is 5.73 Å². The van der Waals surface area contributed by atoms with Gasteiger partial charge in [0.05, 0.1) is 11.1 Å². The van der Waals surface area contributed by atoms with Crippen LogP contribution >= 0.6 is 27.5 Å². The molecular formula is C13H9BrClF2N. The van der Waals surface area contributed by atoms with E-state index in [1.807, 2.05) is 0 Å². The average molecular weight is 333 g/mol. The van der Waals surface area contributed by atoms with Gasteiger partial charge in [0, 0.05) is 4.47 Å². The van der Waals surface area contributed by atoms with Crippen LogP contribution in [-0.2, 0) is 0 Å². The number of nitrogens with two attached hydrogens (primary N) is 1. The summed E-state index contributed by atoms with van der Waals surface area (Å²) in [6.07, 6.45) is 0. The third-order valence-corrected chi connectivity index (χ3v) is 3.93. The van der Waals surface area contributed by atoms with E-state index in [0.717, 1.165) is 12.1 Å². The molecule has 1 nitrogen and oxygen atoms in total.